The smallest absolute Gasteiger partial charge is 0.113 e. The highest BCUT2D eigenvalue weighted by Gasteiger charge is 2.09. The van der Waals surface area contributed by atoms with E-state index in [1.807, 2.05) is 30.3 Å². The summed E-state index contributed by atoms with van der Waals surface area (Å²) in [5, 5.41) is 5.38. The average Bonchev–Trinajstić information content (AvgIpc) is 2.86. The van der Waals surface area contributed by atoms with Gasteiger partial charge in [-0.25, -0.2) is 4.98 Å². The van der Waals surface area contributed by atoms with Gasteiger partial charge in [0.05, 0.1) is 21.3 Å². The summed E-state index contributed by atoms with van der Waals surface area (Å²) >= 11 is 17.2. The Morgan fingerprint density at radius 3 is 2.60 bits per heavy atom. The number of aromatic nitrogens is 1. The fourth-order valence-electron chi connectivity index (χ4n) is 1.80. The largest absolute Gasteiger partial charge is 0.379 e. The number of rotatable bonds is 3. The van der Waals surface area contributed by atoms with Crippen LogP contribution >= 0.6 is 50.5 Å². The van der Waals surface area contributed by atoms with Crippen molar-refractivity contribution < 1.29 is 0 Å². The zero-order valence-electron chi connectivity index (χ0n) is 10.2. The van der Waals surface area contributed by atoms with Crippen LogP contribution in [0.1, 0.15) is 5.01 Å². The van der Waals surface area contributed by atoms with E-state index in [0.717, 1.165) is 25.4 Å². The zero-order valence-corrected chi connectivity index (χ0v) is 14.1. The van der Waals surface area contributed by atoms with Gasteiger partial charge < -0.3 is 5.32 Å². The number of hydrogen-bond acceptors (Lipinski definition) is 3. The molecule has 20 heavy (non-hydrogen) atoms. The van der Waals surface area contributed by atoms with E-state index in [0.29, 0.717) is 16.6 Å². The first-order chi connectivity index (χ1) is 9.63. The Kier molecular flexibility index (Phi) is 4.17. The first kappa shape index (κ1) is 14.1. The summed E-state index contributed by atoms with van der Waals surface area (Å²) in [5.74, 6) is 0. The van der Waals surface area contributed by atoms with Gasteiger partial charge in [0.15, 0.2) is 0 Å². The van der Waals surface area contributed by atoms with Crippen molar-refractivity contribution in [3.05, 3.63) is 55.9 Å². The van der Waals surface area contributed by atoms with Crippen molar-refractivity contribution in [2.75, 3.05) is 5.32 Å². The highest BCUT2D eigenvalue weighted by Crippen LogP contribution is 2.33. The summed E-state index contributed by atoms with van der Waals surface area (Å²) < 4.78 is 2.11. The summed E-state index contributed by atoms with van der Waals surface area (Å²) in [4.78, 5) is 4.54. The molecule has 0 aliphatic carbocycles. The van der Waals surface area contributed by atoms with Gasteiger partial charge in [-0.05, 0) is 36.4 Å². The fraction of sp³-hybridized carbons (Fsp3) is 0.0714. The summed E-state index contributed by atoms with van der Waals surface area (Å²) in [6.45, 7) is 0.662. The molecule has 0 unspecified atom stereocenters. The van der Waals surface area contributed by atoms with Crippen LogP contribution < -0.4 is 5.32 Å². The van der Waals surface area contributed by atoms with E-state index in [1.165, 1.54) is 0 Å². The van der Waals surface area contributed by atoms with Crippen LogP contribution in [0, 0.1) is 0 Å². The molecule has 0 spiro atoms. The van der Waals surface area contributed by atoms with Crippen LogP contribution in [0.15, 0.2) is 40.9 Å². The second-order valence-electron chi connectivity index (χ2n) is 4.18. The van der Waals surface area contributed by atoms with Crippen LogP contribution in [0.25, 0.3) is 10.2 Å². The fourth-order valence-corrected chi connectivity index (χ4v) is 3.40. The van der Waals surface area contributed by atoms with E-state index in [2.05, 4.69) is 26.2 Å². The number of nitrogens with zero attached hydrogens (tertiary/aromatic N) is 1. The molecule has 0 aliphatic rings. The number of fused-ring (bicyclic) bond motifs is 1. The van der Waals surface area contributed by atoms with Gasteiger partial charge in [0.25, 0.3) is 0 Å². The minimum Gasteiger partial charge on any atom is -0.379 e. The number of benzene rings is 2. The third kappa shape index (κ3) is 2.93. The molecule has 0 aliphatic heterocycles. The normalized spacial score (nSPS) is 10.9. The average molecular weight is 388 g/mol. The van der Waals surface area contributed by atoms with E-state index in [9.17, 15) is 0 Å². The maximum absolute atomic E-state index is 6.16. The van der Waals surface area contributed by atoms with Gasteiger partial charge in [-0.2, -0.15) is 0 Å². The molecule has 0 saturated carbocycles. The summed E-state index contributed by atoms with van der Waals surface area (Å²) in [7, 11) is 0. The molecule has 3 rings (SSSR count). The molecule has 0 bridgehead atoms. The summed E-state index contributed by atoms with van der Waals surface area (Å²) in [6, 6.07) is 11.8. The first-order valence-corrected chi connectivity index (χ1v) is 8.23. The van der Waals surface area contributed by atoms with Crippen LogP contribution in [-0.4, -0.2) is 4.98 Å². The van der Waals surface area contributed by atoms with Crippen LogP contribution in [0.3, 0.4) is 0 Å². The van der Waals surface area contributed by atoms with Gasteiger partial charge in [0, 0.05) is 10.2 Å². The maximum Gasteiger partial charge on any atom is 0.113 e. The van der Waals surface area contributed by atoms with Crippen molar-refractivity contribution in [1.29, 1.82) is 0 Å². The van der Waals surface area contributed by atoms with Gasteiger partial charge in [-0.3, -0.25) is 0 Å². The second-order valence-corrected chi connectivity index (χ2v) is 6.99. The summed E-state index contributed by atoms with van der Waals surface area (Å²) in [5.41, 5.74) is 1.83. The van der Waals surface area contributed by atoms with Crippen molar-refractivity contribution in [2.24, 2.45) is 0 Å². The monoisotopic (exact) mass is 386 g/mol. The number of halogens is 3. The molecule has 0 saturated heterocycles. The molecule has 0 fully saturated rings. The van der Waals surface area contributed by atoms with Crippen LogP contribution in [-0.2, 0) is 6.54 Å². The Bertz CT molecular complexity index is 756. The van der Waals surface area contributed by atoms with Crippen molar-refractivity contribution in [3.8, 4) is 0 Å². The molecule has 0 atom stereocenters. The Balaban J connectivity index is 1.81. The third-order valence-corrected chi connectivity index (χ3v) is 5.13. The van der Waals surface area contributed by atoms with E-state index in [-0.39, 0.29) is 0 Å². The molecule has 6 heteroatoms. The topological polar surface area (TPSA) is 24.9 Å². The molecule has 0 radical (unpaired) electrons. The van der Waals surface area contributed by atoms with E-state index in [1.54, 1.807) is 17.4 Å². The van der Waals surface area contributed by atoms with Gasteiger partial charge in [-0.1, -0.05) is 39.1 Å². The quantitative estimate of drug-likeness (QED) is 0.598. The van der Waals surface area contributed by atoms with Crippen molar-refractivity contribution in [1.82, 2.24) is 4.98 Å². The van der Waals surface area contributed by atoms with E-state index < -0.39 is 0 Å². The lowest BCUT2D eigenvalue weighted by molar-refractivity contribution is 1.12. The predicted molar refractivity (Wildman–Crippen MR) is 91.1 cm³/mol. The lowest BCUT2D eigenvalue weighted by Crippen LogP contribution is -1.98. The predicted octanol–water partition coefficient (Wildman–Crippen LogP) is 5.98. The minimum absolute atomic E-state index is 0.523. The van der Waals surface area contributed by atoms with Gasteiger partial charge in [-0.15, -0.1) is 11.3 Å². The van der Waals surface area contributed by atoms with Crippen molar-refractivity contribution >= 4 is 66.4 Å². The SMILES string of the molecule is Clc1ccc2sc(CNc3ccc(Br)cc3)nc2c1Cl. The third-order valence-electron chi connectivity index (χ3n) is 2.78. The summed E-state index contributed by atoms with van der Waals surface area (Å²) in [6.07, 6.45) is 0. The maximum atomic E-state index is 6.16. The molecular formula is C14H9BrCl2N2S. The Morgan fingerprint density at radius 2 is 1.85 bits per heavy atom. The van der Waals surface area contributed by atoms with Crippen molar-refractivity contribution in [2.45, 2.75) is 6.54 Å². The van der Waals surface area contributed by atoms with E-state index >= 15 is 0 Å². The Hall–Kier alpha value is -0.810. The highest BCUT2D eigenvalue weighted by atomic mass is 79.9. The molecule has 2 nitrogen and oxygen atoms in total. The number of nitrogens with one attached hydrogen (secondary N) is 1. The Labute approximate surface area is 138 Å². The molecular weight excluding hydrogens is 379 g/mol. The Morgan fingerprint density at radius 1 is 1.10 bits per heavy atom. The first-order valence-electron chi connectivity index (χ1n) is 5.86. The molecule has 3 aromatic rings. The van der Waals surface area contributed by atoms with Crippen LogP contribution in [0.5, 0.6) is 0 Å². The molecule has 1 N–H and O–H groups in total. The molecule has 102 valence electrons. The highest BCUT2D eigenvalue weighted by molar-refractivity contribution is 9.10. The van der Waals surface area contributed by atoms with Crippen molar-refractivity contribution in [3.63, 3.8) is 0 Å². The van der Waals surface area contributed by atoms with Crippen LogP contribution in [0.4, 0.5) is 5.69 Å². The molecule has 0 amide bonds. The van der Waals surface area contributed by atoms with Gasteiger partial charge in [0.1, 0.15) is 10.5 Å². The minimum atomic E-state index is 0.523. The van der Waals surface area contributed by atoms with Gasteiger partial charge >= 0.3 is 0 Å². The lowest BCUT2D eigenvalue weighted by atomic mass is 10.3. The lowest BCUT2D eigenvalue weighted by Gasteiger charge is -2.03. The number of anilines is 1. The molecule has 1 aromatic heterocycles. The number of hydrogen-bond donors (Lipinski definition) is 1. The van der Waals surface area contributed by atoms with E-state index in [4.69, 9.17) is 23.2 Å². The number of thiazole rings is 1. The molecule has 2 aromatic carbocycles. The second kappa shape index (κ2) is 5.90. The standard InChI is InChI=1S/C14H9BrCl2N2S/c15-8-1-3-9(4-2-8)18-7-12-19-14-11(20-12)6-5-10(16)13(14)17/h1-6,18H,7H2. The molecule has 1 heterocycles. The van der Waals surface area contributed by atoms with Crippen LogP contribution in [0.2, 0.25) is 10.0 Å². The van der Waals surface area contributed by atoms with Gasteiger partial charge in [0.2, 0.25) is 0 Å². The zero-order chi connectivity index (χ0) is 14.1.